The first-order valence-electron chi connectivity index (χ1n) is 8.00. The van der Waals surface area contributed by atoms with Crippen molar-refractivity contribution in [1.29, 1.82) is 0 Å². The van der Waals surface area contributed by atoms with Crippen molar-refractivity contribution in [1.82, 2.24) is 9.78 Å². The van der Waals surface area contributed by atoms with E-state index in [2.05, 4.69) is 49.3 Å². The first-order valence-corrected chi connectivity index (χ1v) is 8.00. The van der Waals surface area contributed by atoms with Crippen LogP contribution in [-0.4, -0.2) is 9.78 Å². The second-order valence-electron chi connectivity index (χ2n) is 5.88. The lowest BCUT2D eigenvalue weighted by atomic mass is 10.0. The Labute approximate surface area is 141 Å². The minimum atomic E-state index is 0.841. The molecule has 0 fully saturated rings. The summed E-state index contributed by atoms with van der Waals surface area (Å²) >= 11 is 0. The van der Waals surface area contributed by atoms with Crippen LogP contribution >= 0.6 is 0 Å². The van der Waals surface area contributed by atoms with Gasteiger partial charge in [-0.1, -0.05) is 42.5 Å². The summed E-state index contributed by atoms with van der Waals surface area (Å²) in [5, 5.41) is 6.66. The Kier molecular flexibility index (Phi) is 3.54. The van der Waals surface area contributed by atoms with Crippen molar-refractivity contribution in [2.45, 2.75) is 13.8 Å². The summed E-state index contributed by atoms with van der Waals surface area (Å²) in [5.74, 6) is 1.74. The van der Waals surface area contributed by atoms with Gasteiger partial charge in [-0.05, 0) is 43.7 Å². The van der Waals surface area contributed by atoms with Crippen LogP contribution in [0, 0.1) is 13.8 Å². The Morgan fingerprint density at radius 3 is 2.38 bits per heavy atom. The van der Waals surface area contributed by atoms with Crippen LogP contribution in [0.15, 0.2) is 72.9 Å². The predicted molar refractivity (Wildman–Crippen MR) is 97.1 cm³/mol. The fourth-order valence-electron chi connectivity index (χ4n) is 2.97. The molecule has 0 amide bonds. The van der Waals surface area contributed by atoms with Gasteiger partial charge in [0.25, 0.3) is 0 Å². The molecule has 1 heterocycles. The van der Waals surface area contributed by atoms with Crippen molar-refractivity contribution >= 4 is 10.8 Å². The number of para-hydroxylation sites is 1. The molecule has 0 radical (unpaired) electrons. The van der Waals surface area contributed by atoms with E-state index in [1.54, 1.807) is 0 Å². The maximum atomic E-state index is 6.20. The Hall–Kier alpha value is -3.07. The number of fused-ring (bicyclic) bond motifs is 1. The molecule has 0 N–H and O–H groups in total. The fourth-order valence-corrected chi connectivity index (χ4v) is 2.97. The van der Waals surface area contributed by atoms with Crippen molar-refractivity contribution in [2.24, 2.45) is 0 Å². The molecule has 4 rings (SSSR count). The third-order valence-corrected chi connectivity index (χ3v) is 4.21. The first-order chi connectivity index (χ1) is 11.7. The Morgan fingerprint density at radius 2 is 1.62 bits per heavy atom. The van der Waals surface area contributed by atoms with Gasteiger partial charge in [0.1, 0.15) is 11.5 Å². The van der Waals surface area contributed by atoms with Gasteiger partial charge in [0.05, 0.1) is 5.69 Å². The van der Waals surface area contributed by atoms with Crippen LogP contribution in [0.3, 0.4) is 0 Å². The van der Waals surface area contributed by atoms with Crippen LogP contribution in [0.2, 0.25) is 0 Å². The summed E-state index contributed by atoms with van der Waals surface area (Å²) in [4.78, 5) is 0. The topological polar surface area (TPSA) is 27.1 Å². The molecule has 0 saturated heterocycles. The zero-order chi connectivity index (χ0) is 16.5. The highest BCUT2D eigenvalue weighted by Crippen LogP contribution is 2.35. The Balaban J connectivity index is 1.92. The predicted octanol–water partition coefficient (Wildman–Crippen LogP) is 5.43. The van der Waals surface area contributed by atoms with Gasteiger partial charge in [-0.25, -0.2) is 4.68 Å². The molecule has 0 bridgehead atoms. The van der Waals surface area contributed by atoms with E-state index in [1.165, 1.54) is 0 Å². The first kappa shape index (κ1) is 14.5. The number of aromatic nitrogens is 2. The molecule has 3 nitrogen and oxygen atoms in total. The minimum absolute atomic E-state index is 0.841. The standard InChI is InChI=1S/C21H18N2O/c1-15-11-12-18-19(21(15)24-17-7-4-3-5-8-17)9-6-10-20(18)23-16(2)13-14-22-23/h3-14H,1-2H3. The number of ether oxygens (including phenoxy) is 1. The van der Waals surface area contributed by atoms with Gasteiger partial charge in [-0.2, -0.15) is 5.10 Å². The van der Waals surface area contributed by atoms with E-state index in [0.29, 0.717) is 0 Å². The van der Waals surface area contributed by atoms with Crippen molar-refractivity contribution in [3.8, 4) is 17.2 Å². The van der Waals surface area contributed by atoms with Crippen LogP contribution in [0.1, 0.15) is 11.3 Å². The highest BCUT2D eigenvalue weighted by atomic mass is 16.5. The third kappa shape index (κ3) is 2.44. The van der Waals surface area contributed by atoms with Crippen molar-refractivity contribution in [3.63, 3.8) is 0 Å². The summed E-state index contributed by atoms with van der Waals surface area (Å²) in [6.45, 7) is 4.13. The molecule has 3 aromatic carbocycles. The molecular formula is C21H18N2O. The van der Waals surface area contributed by atoms with E-state index in [1.807, 2.05) is 47.3 Å². The minimum Gasteiger partial charge on any atom is -0.456 e. The third-order valence-electron chi connectivity index (χ3n) is 4.21. The molecule has 3 heteroatoms. The molecule has 0 aliphatic heterocycles. The van der Waals surface area contributed by atoms with Gasteiger partial charge in [0, 0.05) is 22.7 Å². The van der Waals surface area contributed by atoms with Crippen molar-refractivity contribution < 1.29 is 4.74 Å². The molecule has 0 aliphatic rings. The molecule has 0 spiro atoms. The molecular weight excluding hydrogens is 296 g/mol. The molecule has 0 atom stereocenters. The van der Waals surface area contributed by atoms with Gasteiger partial charge in [0.2, 0.25) is 0 Å². The molecule has 0 saturated carbocycles. The number of nitrogens with zero attached hydrogens (tertiary/aromatic N) is 2. The van der Waals surface area contributed by atoms with Gasteiger partial charge in [-0.15, -0.1) is 0 Å². The monoisotopic (exact) mass is 314 g/mol. The Morgan fingerprint density at radius 1 is 0.792 bits per heavy atom. The van der Waals surface area contributed by atoms with E-state index in [4.69, 9.17) is 4.74 Å². The van der Waals surface area contributed by atoms with Crippen molar-refractivity contribution in [2.75, 3.05) is 0 Å². The average Bonchev–Trinajstić information content (AvgIpc) is 3.03. The van der Waals surface area contributed by atoms with E-state index in [0.717, 1.165) is 39.2 Å². The summed E-state index contributed by atoms with van der Waals surface area (Å²) < 4.78 is 8.16. The number of benzene rings is 3. The molecule has 1 aromatic heterocycles. The molecule has 0 unspecified atom stereocenters. The molecule has 4 aromatic rings. The zero-order valence-corrected chi connectivity index (χ0v) is 13.7. The molecule has 118 valence electrons. The van der Waals surface area contributed by atoms with Crippen LogP contribution < -0.4 is 4.74 Å². The van der Waals surface area contributed by atoms with Gasteiger partial charge >= 0.3 is 0 Å². The average molecular weight is 314 g/mol. The largest absolute Gasteiger partial charge is 0.456 e. The Bertz CT molecular complexity index is 1000. The second-order valence-corrected chi connectivity index (χ2v) is 5.88. The van der Waals surface area contributed by atoms with Crippen LogP contribution in [-0.2, 0) is 0 Å². The summed E-state index contributed by atoms with van der Waals surface area (Å²) in [6.07, 6.45) is 1.82. The lowest BCUT2D eigenvalue weighted by molar-refractivity contribution is 0.484. The van der Waals surface area contributed by atoms with Crippen molar-refractivity contribution in [3.05, 3.63) is 84.2 Å². The highest BCUT2D eigenvalue weighted by molar-refractivity contribution is 5.95. The number of hydrogen-bond acceptors (Lipinski definition) is 2. The number of aryl methyl sites for hydroxylation is 2. The van der Waals surface area contributed by atoms with Gasteiger partial charge < -0.3 is 4.74 Å². The van der Waals surface area contributed by atoms with Gasteiger partial charge in [-0.3, -0.25) is 0 Å². The second kappa shape index (κ2) is 5.85. The normalized spacial score (nSPS) is 10.9. The quantitative estimate of drug-likeness (QED) is 0.504. The summed E-state index contributed by atoms with van der Waals surface area (Å²) in [7, 11) is 0. The number of hydrogen-bond donors (Lipinski definition) is 0. The zero-order valence-electron chi connectivity index (χ0n) is 13.7. The van der Waals surface area contributed by atoms with Crippen LogP contribution in [0.4, 0.5) is 0 Å². The lowest BCUT2D eigenvalue weighted by Gasteiger charge is -2.15. The smallest absolute Gasteiger partial charge is 0.138 e. The van der Waals surface area contributed by atoms with Crippen LogP contribution in [0.25, 0.3) is 16.5 Å². The summed E-state index contributed by atoms with van der Waals surface area (Å²) in [6, 6.07) is 22.4. The fraction of sp³-hybridized carbons (Fsp3) is 0.0952. The van der Waals surface area contributed by atoms with E-state index in [-0.39, 0.29) is 0 Å². The maximum absolute atomic E-state index is 6.20. The molecule has 0 aliphatic carbocycles. The van der Waals surface area contributed by atoms with E-state index < -0.39 is 0 Å². The lowest BCUT2D eigenvalue weighted by Crippen LogP contribution is -2.00. The van der Waals surface area contributed by atoms with E-state index >= 15 is 0 Å². The SMILES string of the molecule is Cc1ccc2c(-n3nccc3C)cccc2c1Oc1ccccc1. The van der Waals surface area contributed by atoms with E-state index in [9.17, 15) is 0 Å². The van der Waals surface area contributed by atoms with Gasteiger partial charge in [0.15, 0.2) is 0 Å². The van der Waals surface area contributed by atoms with Crippen LogP contribution in [0.5, 0.6) is 11.5 Å². The summed E-state index contributed by atoms with van der Waals surface area (Å²) in [5.41, 5.74) is 3.28. The maximum Gasteiger partial charge on any atom is 0.138 e. The number of rotatable bonds is 3. The highest BCUT2D eigenvalue weighted by Gasteiger charge is 2.12. The molecule has 24 heavy (non-hydrogen) atoms.